The van der Waals surface area contributed by atoms with Crippen LogP contribution in [0.1, 0.15) is 62.6 Å². The highest BCUT2D eigenvalue weighted by atomic mass is 16.5. The van der Waals surface area contributed by atoms with Crippen molar-refractivity contribution in [3.8, 4) is 0 Å². The van der Waals surface area contributed by atoms with E-state index in [0.29, 0.717) is 37.6 Å². The van der Waals surface area contributed by atoms with Gasteiger partial charge in [-0.05, 0) is 32.6 Å². The van der Waals surface area contributed by atoms with Crippen LogP contribution >= 0.6 is 0 Å². The molecule has 2 aliphatic heterocycles. The van der Waals surface area contributed by atoms with Crippen molar-refractivity contribution in [2.24, 2.45) is 0 Å². The van der Waals surface area contributed by atoms with Crippen molar-refractivity contribution in [1.82, 2.24) is 25.3 Å². The molecule has 2 saturated heterocycles. The van der Waals surface area contributed by atoms with Gasteiger partial charge in [-0.1, -0.05) is 24.4 Å². The molecular weight excluding hydrogens is 350 g/mol. The Morgan fingerprint density at radius 3 is 2.56 bits per heavy atom. The van der Waals surface area contributed by atoms with Gasteiger partial charge < -0.3 is 14.7 Å². The summed E-state index contributed by atoms with van der Waals surface area (Å²) in [7, 11) is 0. The fraction of sp³-hybridized carbons (Fsp3) is 0.722. The van der Waals surface area contributed by atoms with Crippen molar-refractivity contribution < 1.29 is 18.9 Å². The fourth-order valence-corrected chi connectivity index (χ4v) is 4.40. The number of carbonyl (C=O) groups is 3. The van der Waals surface area contributed by atoms with Crippen molar-refractivity contribution in [1.29, 1.82) is 0 Å². The number of nitrogens with one attached hydrogen (secondary N) is 1. The van der Waals surface area contributed by atoms with Gasteiger partial charge in [0.1, 0.15) is 12.1 Å². The van der Waals surface area contributed by atoms with E-state index in [2.05, 4.69) is 15.5 Å². The zero-order valence-electron chi connectivity index (χ0n) is 15.6. The van der Waals surface area contributed by atoms with Crippen molar-refractivity contribution in [2.45, 2.75) is 63.3 Å². The molecule has 3 heterocycles. The van der Waals surface area contributed by atoms with E-state index in [1.807, 2.05) is 0 Å². The second-order valence-electron chi connectivity index (χ2n) is 7.80. The van der Waals surface area contributed by atoms with Gasteiger partial charge in [0.05, 0.1) is 0 Å². The minimum atomic E-state index is -0.779. The quantitative estimate of drug-likeness (QED) is 0.799. The molecule has 1 spiro atoms. The SMILES string of the molecule is Cc1noc(C2CCN(C(=O)CN3C(=O)NC4(CCCCC4)C3=O)CC2)n1. The van der Waals surface area contributed by atoms with Gasteiger partial charge in [0.15, 0.2) is 5.82 Å². The minimum absolute atomic E-state index is 0.150. The molecule has 0 aromatic carbocycles. The molecule has 3 aliphatic rings. The van der Waals surface area contributed by atoms with Crippen molar-refractivity contribution in [3.05, 3.63) is 11.7 Å². The molecule has 0 bridgehead atoms. The van der Waals surface area contributed by atoms with Crippen LogP contribution in [0.4, 0.5) is 4.79 Å². The zero-order valence-corrected chi connectivity index (χ0v) is 15.6. The molecule has 1 N–H and O–H groups in total. The van der Waals surface area contributed by atoms with E-state index in [-0.39, 0.29) is 24.3 Å². The van der Waals surface area contributed by atoms with Gasteiger partial charge >= 0.3 is 6.03 Å². The summed E-state index contributed by atoms with van der Waals surface area (Å²) >= 11 is 0. The molecule has 146 valence electrons. The fourth-order valence-electron chi connectivity index (χ4n) is 4.40. The Kier molecular flexibility index (Phi) is 4.61. The summed E-state index contributed by atoms with van der Waals surface area (Å²) in [5.41, 5.74) is -0.779. The lowest BCUT2D eigenvalue weighted by molar-refractivity contribution is -0.140. The summed E-state index contributed by atoms with van der Waals surface area (Å²) < 4.78 is 5.23. The van der Waals surface area contributed by atoms with Gasteiger partial charge in [-0.25, -0.2) is 4.79 Å². The molecule has 1 aromatic rings. The second-order valence-corrected chi connectivity index (χ2v) is 7.80. The summed E-state index contributed by atoms with van der Waals surface area (Å²) in [6, 6.07) is -0.438. The maximum atomic E-state index is 12.8. The second kappa shape index (κ2) is 6.94. The van der Waals surface area contributed by atoms with Crippen LogP contribution in [0.2, 0.25) is 0 Å². The van der Waals surface area contributed by atoms with Gasteiger partial charge in [-0.15, -0.1) is 0 Å². The highest BCUT2D eigenvalue weighted by Gasteiger charge is 2.51. The van der Waals surface area contributed by atoms with E-state index in [9.17, 15) is 14.4 Å². The third-order valence-corrected chi connectivity index (χ3v) is 5.99. The number of urea groups is 1. The number of imide groups is 1. The van der Waals surface area contributed by atoms with Gasteiger partial charge in [0.2, 0.25) is 11.8 Å². The molecule has 27 heavy (non-hydrogen) atoms. The first-order valence-corrected chi connectivity index (χ1v) is 9.71. The smallest absolute Gasteiger partial charge is 0.325 e. The molecule has 1 aliphatic carbocycles. The number of aryl methyl sites for hydroxylation is 1. The highest BCUT2D eigenvalue weighted by molar-refractivity contribution is 6.09. The predicted molar refractivity (Wildman–Crippen MR) is 93.7 cm³/mol. The number of rotatable bonds is 3. The van der Waals surface area contributed by atoms with E-state index in [1.165, 1.54) is 0 Å². The molecule has 4 rings (SSSR count). The van der Waals surface area contributed by atoms with Crippen molar-refractivity contribution in [3.63, 3.8) is 0 Å². The number of hydrogen-bond donors (Lipinski definition) is 1. The lowest BCUT2D eigenvalue weighted by Crippen LogP contribution is -2.49. The topological polar surface area (TPSA) is 109 Å². The summed E-state index contributed by atoms with van der Waals surface area (Å²) in [6.45, 7) is 2.71. The number of aromatic nitrogens is 2. The number of amides is 4. The van der Waals surface area contributed by atoms with Gasteiger partial charge in [-0.2, -0.15) is 4.98 Å². The molecule has 0 atom stereocenters. The minimum Gasteiger partial charge on any atom is -0.341 e. The Balaban J connectivity index is 1.34. The number of carbonyl (C=O) groups excluding carboxylic acids is 3. The maximum absolute atomic E-state index is 12.8. The van der Waals surface area contributed by atoms with E-state index in [4.69, 9.17) is 4.52 Å². The van der Waals surface area contributed by atoms with Crippen LogP contribution in [-0.4, -0.2) is 63.0 Å². The lowest BCUT2D eigenvalue weighted by Gasteiger charge is -2.32. The Labute approximate surface area is 157 Å². The van der Waals surface area contributed by atoms with Crippen LogP contribution in [0.25, 0.3) is 0 Å². The van der Waals surface area contributed by atoms with Crippen LogP contribution in [0.3, 0.4) is 0 Å². The standard InChI is InChI=1S/C18H25N5O4/c1-12-19-15(27-21-12)13-5-9-22(10-6-13)14(24)11-23-16(25)18(20-17(23)26)7-3-2-4-8-18/h13H,2-11H2,1H3,(H,20,26). The summed E-state index contributed by atoms with van der Waals surface area (Å²) in [5, 5.41) is 6.66. The normalized spacial score (nSPS) is 23.1. The number of nitrogens with zero attached hydrogens (tertiary/aromatic N) is 4. The lowest BCUT2D eigenvalue weighted by atomic mass is 9.82. The van der Waals surface area contributed by atoms with Gasteiger partial charge in [-0.3, -0.25) is 14.5 Å². The first kappa shape index (κ1) is 17.9. The third-order valence-electron chi connectivity index (χ3n) is 5.99. The summed E-state index contributed by atoms with van der Waals surface area (Å²) in [5.74, 6) is 0.951. The van der Waals surface area contributed by atoms with E-state index < -0.39 is 11.6 Å². The van der Waals surface area contributed by atoms with Crippen LogP contribution < -0.4 is 5.32 Å². The van der Waals surface area contributed by atoms with E-state index in [1.54, 1.807) is 11.8 Å². The monoisotopic (exact) mass is 375 g/mol. The Hall–Kier alpha value is -2.45. The molecule has 0 unspecified atom stereocenters. The average molecular weight is 375 g/mol. The van der Waals surface area contributed by atoms with E-state index in [0.717, 1.165) is 37.0 Å². The van der Waals surface area contributed by atoms with Crippen molar-refractivity contribution in [2.75, 3.05) is 19.6 Å². The zero-order chi connectivity index (χ0) is 19.0. The first-order valence-electron chi connectivity index (χ1n) is 9.71. The highest BCUT2D eigenvalue weighted by Crippen LogP contribution is 2.34. The van der Waals surface area contributed by atoms with Crippen LogP contribution in [0.15, 0.2) is 4.52 Å². The summed E-state index contributed by atoms with van der Waals surface area (Å²) in [4.78, 5) is 44.9. The van der Waals surface area contributed by atoms with Gasteiger partial charge in [0.25, 0.3) is 5.91 Å². The third kappa shape index (κ3) is 3.30. The molecule has 1 saturated carbocycles. The first-order chi connectivity index (χ1) is 13.0. The molecule has 3 fully saturated rings. The number of piperidine rings is 1. The molecule has 0 radical (unpaired) electrons. The van der Waals surface area contributed by atoms with Crippen LogP contribution in [0.5, 0.6) is 0 Å². The Morgan fingerprint density at radius 1 is 1.22 bits per heavy atom. The predicted octanol–water partition coefficient (Wildman–Crippen LogP) is 1.34. The largest absolute Gasteiger partial charge is 0.341 e. The molecule has 1 aromatic heterocycles. The summed E-state index contributed by atoms with van der Waals surface area (Å²) in [6.07, 6.45) is 5.73. The van der Waals surface area contributed by atoms with Crippen LogP contribution in [-0.2, 0) is 9.59 Å². The van der Waals surface area contributed by atoms with Crippen LogP contribution in [0, 0.1) is 6.92 Å². The molecule has 9 nitrogen and oxygen atoms in total. The van der Waals surface area contributed by atoms with Crippen molar-refractivity contribution >= 4 is 17.8 Å². The number of hydrogen-bond acceptors (Lipinski definition) is 6. The van der Waals surface area contributed by atoms with E-state index >= 15 is 0 Å². The molecular formula is C18H25N5O4. The maximum Gasteiger partial charge on any atom is 0.325 e. The molecule has 4 amide bonds. The Morgan fingerprint density at radius 2 is 1.93 bits per heavy atom. The van der Waals surface area contributed by atoms with Gasteiger partial charge in [0, 0.05) is 19.0 Å². The average Bonchev–Trinajstić information content (AvgIpc) is 3.20. The molecule has 9 heteroatoms. The number of likely N-dealkylation sites (tertiary alicyclic amines) is 1. The Bertz CT molecular complexity index is 747.